The molecular formula is C23H22NO2+. The van der Waals surface area contributed by atoms with Gasteiger partial charge in [-0.3, -0.25) is 0 Å². The Balaban J connectivity index is 1.82. The molecule has 3 aromatic rings. The van der Waals surface area contributed by atoms with E-state index in [1.54, 1.807) is 12.1 Å². The van der Waals surface area contributed by atoms with Gasteiger partial charge in [-0.25, -0.2) is 4.79 Å². The number of hydrogen-bond donors (Lipinski definition) is 1. The first-order valence-corrected chi connectivity index (χ1v) is 8.85. The number of benzene rings is 3. The highest BCUT2D eigenvalue weighted by Crippen LogP contribution is 2.44. The van der Waals surface area contributed by atoms with Gasteiger partial charge in [0.25, 0.3) is 0 Å². The summed E-state index contributed by atoms with van der Waals surface area (Å²) >= 11 is 0. The van der Waals surface area contributed by atoms with Crippen LogP contribution in [0.5, 0.6) is 0 Å². The van der Waals surface area contributed by atoms with Crippen LogP contribution in [0, 0.1) is 0 Å². The molecule has 0 atom stereocenters. The second-order valence-corrected chi connectivity index (χ2v) is 7.48. The van der Waals surface area contributed by atoms with E-state index in [1.165, 1.54) is 27.7 Å². The highest BCUT2D eigenvalue weighted by Gasteiger charge is 2.44. The summed E-state index contributed by atoms with van der Waals surface area (Å²) in [5, 5.41) is 11.7. The number of carboxylic acids is 1. The number of rotatable bonds is 3. The summed E-state index contributed by atoms with van der Waals surface area (Å²) in [5.74, 6) is -0.890. The number of nitrogens with zero attached hydrogens (tertiary/aromatic N) is 1. The van der Waals surface area contributed by atoms with Crippen LogP contribution in [0.1, 0.15) is 42.3 Å². The molecule has 3 aromatic carbocycles. The Morgan fingerprint density at radius 1 is 1.00 bits per heavy atom. The van der Waals surface area contributed by atoms with Gasteiger partial charge in [-0.2, -0.15) is 4.58 Å². The number of aromatic carboxylic acids is 1. The molecule has 0 saturated heterocycles. The lowest BCUT2D eigenvalue weighted by Gasteiger charge is -2.17. The molecular weight excluding hydrogens is 322 g/mol. The smallest absolute Gasteiger partial charge is 0.335 e. The molecule has 3 heteroatoms. The minimum Gasteiger partial charge on any atom is -0.478 e. The van der Waals surface area contributed by atoms with Crippen LogP contribution in [-0.2, 0) is 12.0 Å². The Labute approximate surface area is 153 Å². The van der Waals surface area contributed by atoms with Crippen molar-refractivity contribution in [1.29, 1.82) is 0 Å². The minimum absolute atomic E-state index is 0.0444. The lowest BCUT2D eigenvalue weighted by Crippen LogP contribution is -2.26. The minimum atomic E-state index is -0.890. The van der Waals surface area contributed by atoms with Gasteiger partial charge >= 0.3 is 5.97 Å². The van der Waals surface area contributed by atoms with Crippen LogP contribution < -0.4 is 0 Å². The fourth-order valence-corrected chi connectivity index (χ4v) is 3.98. The maximum atomic E-state index is 11.1. The molecule has 0 fully saturated rings. The van der Waals surface area contributed by atoms with E-state index in [0.29, 0.717) is 5.56 Å². The van der Waals surface area contributed by atoms with Crippen molar-refractivity contribution >= 4 is 28.1 Å². The van der Waals surface area contributed by atoms with Gasteiger partial charge in [0.2, 0.25) is 5.69 Å². The largest absolute Gasteiger partial charge is 0.478 e. The first kappa shape index (κ1) is 16.5. The van der Waals surface area contributed by atoms with Gasteiger partial charge in [-0.15, -0.1) is 0 Å². The van der Waals surface area contributed by atoms with E-state index in [4.69, 9.17) is 5.11 Å². The first-order chi connectivity index (χ1) is 12.4. The van der Waals surface area contributed by atoms with Gasteiger partial charge in [0.15, 0.2) is 12.3 Å². The van der Waals surface area contributed by atoms with E-state index in [-0.39, 0.29) is 5.41 Å². The van der Waals surface area contributed by atoms with E-state index in [0.717, 1.165) is 12.1 Å². The molecule has 1 N–H and O–H groups in total. The van der Waals surface area contributed by atoms with Crippen molar-refractivity contribution in [2.24, 2.45) is 0 Å². The molecule has 0 bridgehead atoms. The van der Waals surface area contributed by atoms with Crippen LogP contribution >= 0.6 is 0 Å². The van der Waals surface area contributed by atoms with Gasteiger partial charge in [0.05, 0.1) is 11.0 Å². The van der Waals surface area contributed by atoms with Gasteiger partial charge in [-0.05, 0) is 42.8 Å². The summed E-state index contributed by atoms with van der Waals surface area (Å²) < 4.78 is 2.36. The molecule has 0 saturated carbocycles. The summed E-state index contributed by atoms with van der Waals surface area (Å²) in [4.78, 5) is 11.1. The van der Waals surface area contributed by atoms with E-state index >= 15 is 0 Å². The van der Waals surface area contributed by atoms with Crippen LogP contribution in [0.3, 0.4) is 0 Å². The average molecular weight is 344 g/mol. The molecule has 0 amide bonds. The van der Waals surface area contributed by atoms with Crippen molar-refractivity contribution in [3.05, 3.63) is 77.4 Å². The zero-order valence-corrected chi connectivity index (χ0v) is 15.3. The van der Waals surface area contributed by atoms with Crippen molar-refractivity contribution < 1.29 is 14.5 Å². The van der Waals surface area contributed by atoms with Crippen molar-refractivity contribution in [1.82, 2.24) is 0 Å². The Kier molecular flexibility index (Phi) is 3.69. The number of carbonyl (C=O) groups is 1. The third-order valence-electron chi connectivity index (χ3n) is 5.67. The zero-order valence-electron chi connectivity index (χ0n) is 15.3. The number of carboxylic acid groups (broad SMARTS) is 1. The molecule has 0 aliphatic carbocycles. The summed E-state index contributed by atoms with van der Waals surface area (Å²) in [6, 6.07) is 20.1. The first-order valence-electron chi connectivity index (χ1n) is 8.85. The predicted octanol–water partition coefficient (Wildman–Crippen LogP) is 5.13. The standard InChI is InChI=1S/C23H21NO2/c1-15-23(2,3)21-19-7-5-4-6-17(19)12-13-20(21)24(15)14-16-8-10-18(11-9-16)22(25)26/h4-13H,14H2,1-3H3/p+1. The third kappa shape index (κ3) is 2.43. The van der Waals surface area contributed by atoms with Crippen molar-refractivity contribution in [2.45, 2.75) is 32.7 Å². The lowest BCUT2D eigenvalue weighted by atomic mass is 9.80. The Morgan fingerprint density at radius 2 is 1.69 bits per heavy atom. The Bertz CT molecular complexity index is 1060. The fraction of sp³-hybridized carbons (Fsp3) is 0.217. The van der Waals surface area contributed by atoms with Gasteiger partial charge in [0, 0.05) is 24.1 Å². The SMILES string of the molecule is CC1=[N+](Cc2ccc(C(=O)O)cc2)c2ccc3ccccc3c2C1(C)C. The Morgan fingerprint density at radius 3 is 2.38 bits per heavy atom. The molecule has 4 rings (SSSR count). The van der Waals surface area contributed by atoms with Gasteiger partial charge < -0.3 is 5.11 Å². The molecule has 26 heavy (non-hydrogen) atoms. The van der Waals surface area contributed by atoms with Crippen molar-refractivity contribution in [3.8, 4) is 0 Å². The monoisotopic (exact) mass is 344 g/mol. The van der Waals surface area contributed by atoms with Crippen LogP contribution in [0.4, 0.5) is 5.69 Å². The van der Waals surface area contributed by atoms with E-state index in [2.05, 4.69) is 61.7 Å². The molecule has 0 spiro atoms. The molecule has 1 aliphatic heterocycles. The van der Waals surface area contributed by atoms with E-state index in [1.807, 2.05) is 12.1 Å². The van der Waals surface area contributed by atoms with Crippen LogP contribution in [0.15, 0.2) is 60.7 Å². The van der Waals surface area contributed by atoms with Crippen LogP contribution in [-0.4, -0.2) is 21.4 Å². The summed E-state index contributed by atoms with van der Waals surface area (Å²) in [6.07, 6.45) is 0. The summed E-state index contributed by atoms with van der Waals surface area (Å²) in [7, 11) is 0. The molecule has 1 aliphatic rings. The summed E-state index contributed by atoms with van der Waals surface area (Å²) in [5.41, 5.74) is 5.31. The van der Waals surface area contributed by atoms with Crippen LogP contribution in [0.2, 0.25) is 0 Å². The highest BCUT2D eigenvalue weighted by molar-refractivity contribution is 6.01. The normalized spacial score (nSPS) is 15.3. The van der Waals surface area contributed by atoms with Crippen LogP contribution in [0.25, 0.3) is 10.8 Å². The third-order valence-corrected chi connectivity index (χ3v) is 5.67. The zero-order chi connectivity index (χ0) is 18.5. The number of hydrogen-bond acceptors (Lipinski definition) is 1. The fourth-order valence-electron chi connectivity index (χ4n) is 3.98. The van der Waals surface area contributed by atoms with Crippen molar-refractivity contribution in [3.63, 3.8) is 0 Å². The average Bonchev–Trinajstić information content (AvgIpc) is 2.83. The highest BCUT2D eigenvalue weighted by atomic mass is 16.4. The second kappa shape index (κ2) is 5.80. The molecule has 0 radical (unpaired) electrons. The molecule has 3 nitrogen and oxygen atoms in total. The molecule has 0 unspecified atom stereocenters. The van der Waals surface area contributed by atoms with E-state index in [9.17, 15) is 4.79 Å². The van der Waals surface area contributed by atoms with Gasteiger partial charge in [0.1, 0.15) is 0 Å². The molecule has 130 valence electrons. The van der Waals surface area contributed by atoms with Crippen molar-refractivity contribution in [2.75, 3.05) is 0 Å². The topological polar surface area (TPSA) is 40.3 Å². The lowest BCUT2D eigenvalue weighted by molar-refractivity contribution is -0.456. The molecule has 0 aromatic heterocycles. The Hall–Kier alpha value is -2.94. The van der Waals surface area contributed by atoms with Gasteiger partial charge in [-0.1, -0.05) is 36.4 Å². The quantitative estimate of drug-likeness (QED) is 0.669. The maximum absolute atomic E-state index is 11.1. The predicted molar refractivity (Wildman–Crippen MR) is 105 cm³/mol. The molecule has 1 heterocycles. The van der Waals surface area contributed by atoms with E-state index < -0.39 is 5.97 Å². The second-order valence-electron chi connectivity index (χ2n) is 7.48. The maximum Gasteiger partial charge on any atom is 0.335 e. The number of fused-ring (bicyclic) bond motifs is 3. The summed E-state index contributed by atoms with van der Waals surface area (Å²) in [6.45, 7) is 7.49.